The molecule has 4 heteroatoms. The predicted molar refractivity (Wildman–Crippen MR) is 84.4 cm³/mol. The van der Waals surface area contributed by atoms with Crippen LogP contribution in [0.5, 0.6) is 5.75 Å². The Morgan fingerprint density at radius 1 is 1.20 bits per heavy atom. The van der Waals surface area contributed by atoms with E-state index >= 15 is 0 Å². The maximum absolute atomic E-state index is 9.50. The van der Waals surface area contributed by atoms with Crippen LogP contribution in [0.4, 0.5) is 0 Å². The summed E-state index contributed by atoms with van der Waals surface area (Å²) in [5, 5.41) is 13.1. The molecule has 1 aromatic rings. The summed E-state index contributed by atoms with van der Waals surface area (Å²) in [4.78, 5) is 2.51. The van der Waals surface area contributed by atoms with Gasteiger partial charge in [0.05, 0.1) is 0 Å². The molecular formula is C16H25ClN2O. The minimum atomic E-state index is 0. The molecule has 2 saturated heterocycles. The first-order valence-corrected chi connectivity index (χ1v) is 7.55. The lowest BCUT2D eigenvalue weighted by molar-refractivity contribution is 0.157. The number of aromatic hydroxyl groups is 1. The largest absolute Gasteiger partial charge is 0.508 e. The van der Waals surface area contributed by atoms with Crippen molar-refractivity contribution in [1.29, 1.82) is 0 Å². The quantitative estimate of drug-likeness (QED) is 0.900. The highest BCUT2D eigenvalue weighted by Gasteiger charge is 2.28. The summed E-state index contributed by atoms with van der Waals surface area (Å²) in [5.74, 6) is 1.26. The first kappa shape index (κ1) is 15.6. The molecule has 0 spiro atoms. The molecular weight excluding hydrogens is 272 g/mol. The first-order chi connectivity index (χ1) is 9.31. The molecule has 1 aromatic carbocycles. The highest BCUT2D eigenvalue weighted by atomic mass is 35.5. The van der Waals surface area contributed by atoms with Crippen LogP contribution in [0.1, 0.15) is 31.2 Å². The number of benzene rings is 1. The lowest BCUT2D eigenvalue weighted by Crippen LogP contribution is -2.40. The Morgan fingerprint density at radius 3 is 2.65 bits per heavy atom. The zero-order chi connectivity index (χ0) is 13.1. The third-order valence-corrected chi connectivity index (χ3v) is 4.62. The van der Waals surface area contributed by atoms with Gasteiger partial charge in [0.2, 0.25) is 0 Å². The number of hydrogen-bond donors (Lipinski definition) is 2. The molecule has 0 radical (unpaired) electrons. The van der Waals surface area contributed by atoms with Gasteiger partial charge in [-0.15, -0.1) is 12.4 Å². The molecule has 112 valence electrons. The highest BCUT2D eigenvalue weighted by Crippen LogP contribution is 2.26. The molecule has 1 unspecified atom stereocenters. The number of halogens is 1. The van der Waals surface area contributed by atoms with Crippen molar-refractivity contribution in [2.45, 2.75) is 38.3 Å². The third-order valence-electron chi connectivity index (χ3n) is 4.62. The molecule has 2 heterocycles. The number of rotatable bonds is 3. The van der Waals surface area contributed by atoms with E-state index in [9.17, 15) is 5.11 Å². The highest BCUT2D eigenvalue weighted by molar-refractivity contribution is 5.85. The standard InChI is InChI=1S/C16H24N2O.ClH/c19-15-4-1-3-13(11-15)12-18-9-6-14(7-10-18)16-5-2-8-17-16;/h1,3-4,11,14,16-17,19H,2,5-10,12H2;1H. The van der Waals surface area contributed by atoms with Gasteiger partial charge in [-0.05, 0) is 68.9 Å². The Hall–Kier alpha value is -0.770. The Balaban J connectivity index is 0.00000147. The van der Waals surface area contributed by atoms with E-state index in [1.165, 1.54) is 50.9 Å². The van der Waals surface area contributed by atoms with Gasteiger partial charge in [-0.25, -0.2) is 0 Å². The molecule has 0 aromatic heterocycles. The fourth-order valence-corrected chi connectivity index (χ4v) is 3.54. The third kappa shape index (κ3) is 3.87. The van der Waals surface area contributed by atoms with Crippen molar-refractivity contribution in [1.82, 2.24) is 10.2 Å². The Morgan fingerprint density at radius 2 is 2.00 bits per heavy atom. The summed E-state index contributed by atoms with van der Waals surface area (Å²) in [6.45, 7) is 4.57. The van der Waals surface area contributed by atoms with E-state index in [1.54, 1.807) is 6.07 Å². The van der Waals surface area contributed by atoms with Gasteiger partial charge in [-0.2, -0.15) is 0 Å². The van der Waals surface area contributed by atoms with E-state index in [4.69, 9.17) is 0 Å². The van der Waals surface area contributed by atoms with Gasteiger partial charge in [0.1, 0.15) is 5.75 Å². The Bertz CT molecular complexity index is 413. The summed E-state index contributed by atoms with van der Waals surface area (Å²) in [5.41, 5.74) is 1.22. The van der Waals surface area contributed by atoms with Crippen LogP contribution in [0.2, 0.25) is 0 Å². The average molecular weight is 297 g/mol. The van der Waals surface area contributed by atoms with E-state index in [2.05, 4.69) is 16.3 Å². The van der Waals surface area contributed by atoms with Gasteiger partial charge in [0.15, 0.2) is 0 Å². The van der Waals surface area contributed by atoms with Crippen molar-refractivity contribution in [2.24, 2.45) is 5.92 Å². The van der Waals surface area contributed by atoms with Crippen LogP contribution in [-0.2, 0) is 6.54 Å². The van der Waals surface area contributed by atoms with Crippen molar-refractivity contribution < 1.29 is 5.11 Å². The van der Waals surface area contributed by atoms with E-state index in [0.717, 1.165) is 18.5 Å². The summed E-state index contributed by atoms with van der Waals surface area (Å²) in [7, 11) is 0. The lowest BCUT2D eigenvalue weighted by Gasteiger charge is -2.34. The molecule has 0 bridgehead atoms. The van der Waals surface area contributed by atoms with E-state index < -0.39 is 0 Å². The van der Waals surface area contributed by atoms with Crippen molar-refractivity contribution >= 4 is 12.4 Å². The summed E-state index contributed by atoms with van der Waals surface area (Å²) < 4.78 is 0. The molecule has 2 aliphatic heterocycles. The van der Waals surface area contributed by atoms with Crippen LogP contribution in [0.25, 0.3) is 0 Å². The molecule has 3 nitrogen and oxygen atoms in total. The minimum absolute atomic E-state index is 0. The molecule has 2 fully saturated rings. The van der Waals surface area contributed by atoms with E-state index in [0.29, 0.717) is 5.75 Å². The van der Waals surface area contributed by atoms with Crippen molar-refractivity contribution in [2.75, 3.05) is 19.6 Å². The second-order valence-electron chi connectivity index (χ2n) is 5.99. The fraction of sp³-hybridized carbons (Fsp3) is 0.625. The second-order valence-corrected chi connectivity index (χ2v) is 5.99. The van der Waals surface area contributed by atoms with Gasteiger partial charge < -0.3 is 10.4 Å². The number of phenols is 1. The molecule has 0 amide bonds. The lowest BCUT2D eigenvalue weighted by atomic mass is 9.88. The topological polar surface area (TPSA) is 35.5 Å². The molecule has 2 N–H and O–H groups in total. The van der Waals surface area contributed by atoms with Crippen LogP contribution < -0.4 is 5.32 Å². The number of nitrogens with one attached hydrogen (secondary N) is 1. The predicted octanol–water partition coefficient (Wildman–Crippen LogP) is 2.78. The number of piperidine rings is 1. The molecule has 0 saturated carbocycles. The fourth-order valence-electron chi connectivity index (χ4n) is 3.54. The van der Waals surface area contributed by atoms with Gasteiger partial charge in [0.25, 0.3) is 0 Å². The van der Waals surface area contributed by atoms with Crippen LogP contribution in [0, 0.1) is 5.92 Å². The number of phenolic OH excluding ortho intramolecular Hbond substituents is 1. The van der Waals surface area contributed by atoms with Crippen LogP contribution in [0.15, 0.2) is 24.3 Å². The van der Waals surface area contributed by atoms with Crippen molar-refractivity contribution in [3.05, 3.63) is 29.8 Å². The van der Waals surface area contributed by atoms with Crippen LogP contribution in [0.3, 0.4) is 0 Å². The summed E-state index contributed by atoms with van der Waals surface area (Å²) in [6, 6.07) is 8.43. The van der Waals surface area contributed by atoms with Crippen molar-refractivity contribution in [3.63, 3.8) is 0 Å². The molecule has 0 aliphatic carbocycles. The van der Waals surface area contributed by atoms with E-state index in [-0.39, 0.29) is 12.4 Å². The summed E-state index contributed by atoms with van der Waals surface area (Å²) in [6.07, 6.45) is 5.36. The summed E-state index contributed by atoms with van der Waals surface area (Å²) >= 11 is 0. The maximum atomic E-state index is 9.50. The zero-order valence-electron chi connectivity index (χ0n) is 11.9. The maximum Gasteiger partial charge on any atom is 0.115 e. The molecule has 20 heavy (non-hydrogen) atoms. The monoisotopic (exact) mass is 296 g/mol. The minimum Gasteiger partial charge on any atom is -0.508 e. The second kappa shape index (κ2) is 7.30. The first-order valence-electron chi connectivity index (χ1n) is 7.55. The number of hydrogen-bond acceptors (Lipinski definition) is 3. The van der Waals surface area contributed by atoms with Gasteiger partial charge in [0, 0.05) is 12.6 Å². The van der Waals surface area contributed by atoms with Gasteiger partial charge in [-0.1, -0.05) is 12.1 Å². The van der Waals surface area contributed by atoms with Gasteiger partial charge >= 0.3 is 0 Å². The van der Waals surface area contributed by atoms with Gasteiger partial charge in [-0.3, -0.25) is 4.90 Å². The Labute approximate surface area is 127 Å². The Kier molecular flexibility index (Phi) is 5.70. The normalized spacial score (nSPS) is 24.5. The van der Waals surface area contributed by atoms with Crippen LogP contribution >= 0.6 is 12.4 Å². The molecule has 1 atom stereocenters. The SMILES string of the molecule is Cl.Oc1cccc(CN2CCC(C3CCCN3)CC2)c1. The smallest absolute Gasteiger partial charge is 0.115 e. The van der Waals surface area contributed by atoms with E-state index in [1.807, 2.05) is 12.1 Å². The number of nitrogens with zero attached hydrogens (tertiary/aromatic N) is 1. The van der Waals surface area contributed by atoms with Crippen LogP contribution in [-0.4, -0.2) is 35.7 Å². The van der Waals surface area contributed by atoms with Crippen molar-refractivity contribution in [3.8, 4) is 5.75 Å². The molecule has 3 rings (SSSR count). The average Bonchev–Trinajstić information content (AvgIpc) is 2.94. The molecule has 2 aliphatic rings. The zero-order valence-corrected chi connectivity index (χ0v) is 12.7. The number of likely N-dealkylation sites (tertiary alicyclic amines) is 1.